The van der Waals surface area contributed by atoms with Gasteiger partial charge >= 0.3 is 0 Å². The van der Waals surface area contributed by atoms with Crippen LogP contribution in [0.2, 0.25) is 0 Å². The van der Waals surface area contributed by atoms with Crippen LogP contribution < -0.4 is 0 Å². The van der Waals surface area contributed by atoms with Gasteiger partial charge in [-0.2, -0.15) is 0 Å². The highest BCUT2D eigenvalue weighted by Gasteiger charge is 2.06. The zero-order chi connectivity index (χ0) is 18.4. The van der Waals surface area contributed by atoms with Crippen LogP contribution in [0, 0.1) is 0 Å². The SMILES string of the molecule is CCCCCCCCCCCCCC(CCCCCN=C=O)N=C=O. The molecule has 0 aliphatic heterocycles. The molecule has 0 spiro atoms. The van der Waals surface area contributed by atoms with E-state index >= 15 is 0 Å². The van der Waals surface area contributed by atoms with Gasteiger partial charge in [-0.1, -0.05) is 90.4 Å². The number of hydrogen-bond acceptors (Lipinski definition) is 4. The molecule has 1 atom stereocenters. The number of nitrogens with zero attached hydrogens (tertiary/aromatic N) is 2. The first-order chi connectivity index (χ1) is 12.3. The molecule has 4 heteroatoms. The average Bonchev–Trinajstić information content (AvgIpc) is 2.62. The smallest absolute Gasteiger partial charge is 0.211 e. The molecule has 0 aromatic heterocycles. The highest BCUT2D eigenvalue weighted by molar-refractivity contribution is 5.33. The maximum absolute atomic E-state index is 10.5. The first kappa shape index (κ1) is 23.8. The Hall–Kier alpha value is -1.24. The number of carbonyl (C=O) groups excluding carboxylic acids is 2. The van der Waals surface area contributed by atoms with Gasteiger partial charge in [-0.15, -0.1) is 0 Å². The number of aliphatic imine (C=N–C) groups is 2. The van der Waals surface area contributed by atoms with E-state index in [2.05, 4.69) is 16.9 Å². The lowest BCUT2D eigenvalue weighted by molar-refractivity contribution is 0.481. The molecule has 0 bridgehead atoms. The Morgan fingerprint density at radius 2 is 1.12 bits per heavy atom. The van der Waals surface area contributed by atoms with E-state index in [4.69, 9.17) is 0 Å². The molecular formula is C21H38N2O2. The molecule has 4 nitrogen and oxygen atoms in total. The molecule has 0 fully saturated rings. The Bertz CT molecular complexity index is 372. The van der Waals surface area contributed by atoms with Crippen molar-refractivity contribution in [2.45, 2.75) is 116 Å². The van der Waals surface area contributed by atoms with Crippen LogP contribution in [0.5, 0.6) is 0 Å². The summed E-state index contributed by atoms with van der Waals surface area (Å²) in [5, 5.41) is 0. The number of hydrogen-bond donors (Lipinski definition) is 0. The third-order valence-corrected chi connectivity index (χ3v) is 4.75. The second-order valence-corrected chi connectivity index (χ2v) is 7.02. The fourth-order valence-corrected chi connectivity index (χ4v) is 3.19. The van der Waals surface area contributed by atoms with E-state index in [0.717, 1.165) is 38.5 Å². The van der Waals surface area contributed by atoms with Crippen LogP contribution in [0.15, 0.2) is 9.98 Å². The predicted molar refractivity (Wildman–Crippen MR) is 104 cm³/mol. The molecule has 144 valence electrons. The maximum Gasteiger partial charge on any atom is 0.235 e. The van der Waals surface area contributed by atoms with Crippen molar-refractivity contribution in [3.63, 3.8) is 0 Å². The minimum atomic E-state index is 0.130. The van der Waals surface area contributed by atoms with E-state index in [9.17, 15) is 9.59 Å². The number of rotatable bonds is 19. The zero-order valence-corrected chi connectivity index (χ0v) is 16.3. The van der Waals surface area contributed by atoms with Crippen LogP contribution >= 0.6 is 0 Å². The molecule has 0 aliphatic rings. The molecular weight excluding hydrogens is 312 g/mol. The molecule has 0 aromatic carbocycles. The summed E-state index contributed by atoms with van der Waals surface area (Å²) in [7, 11) is 0. The minimum Gasteiger partial charge on any atom is -0.211 e. The van der Waals surface area contributed by atoms with E-state index in [1.54, 1.807) is 12.2 Å². The highest BCUT2D eigenvalue weighted by Crippen LogP contribution is 2.16. The Morgan fingerprint density at radius 1 is 0.640 bits per heavy atom. The second-order valence-electron chi connectivity index (χ2n) is 7.02. The lowest BCUT2D eigenvalue weighted by atomic mass is 10.0. The summed E-state index contributed by atoms with van der Waals surface area (Å²) in [6.45, 7) is 2.82. The third-order valence-electron chi connectivity index (χ3n) is 4.75. The predicted octanol–water partition coefficient (Wildman–Crippen LogP) is 6.29. The number of isocyanates is 2. The summed E-state index contributed by atoms with van der Waals surface area (Å²) in [5.41, 5.74) is 0. The quantitative estimate of drug-likeness (QED) is 0.156. The van der Waals surface area contributed by atoms with Crippen LogP contribution in [0.25, 0.3) is 0 Å². The van der Waals surface area contributed by atoms with E-state index in [1.165, 1.54) is 64.2 Å². The van der Waals surface area contributed by atoms with Crippen molar-refractivity contribution in [1.29, 1.82) is 0 Å². The molecule has 0 rings (SSSR count). The molecule has 0 saturated heterocycles. The molecule has 0 saturated carbocycles. The Labute approximate surface area is 154 Å². The summed E-state index contributed by atoms with van der Waals surface area (Å²) in [5.74, 6) is 0. The van der Waals surface area contributed by atoms with Crippen molar-refractivity contribution < 1.29 is 9.59 Å². The first-order valence-electron chi connectivity index (χ1n) is 10.5. The fraction of sp³-hybridized carbons (Fsp3) is 0.905. The Morgan fingerprint density at radius 3 is 1.60 bits per heavy atom. The molecule has 1 unspecified atom stereocenters. The van der Waals surface area contributed by atoms with Gasteiger partial charge in [0.15, 0.2) is 0 Å². The standard InChI is InChI=1S/C21H38N2O2/c1-2-3-4-5-6-7-8-9-10-11-13-16-21(23-20-25)17-14-12-15-18-22-19-24/h21H,2-18H2,1H3. The summed E-state index contributed by atoms with van der Waals surface area (Å²) in [6, 6.07) is 0.130. The summed E-state index contributed by atoms with van der Waals surface area (Å²) in [6.07, 6.45) is 22.9. The van der Waals surface area contributed by atoms with Crippen LogP contribution in [-0.4, -0.2) is 24.7 Å². The summed E-state index contributed by atoms with van der Waals surface area (Å²) >= 11 is 0. The minimum absolute atomic E-state index is 0.130. The van der Waals surface area contributed by atoms with Crippen molar-refractivity contribution in [2.75, 3.05) is 6.54 Å². The van der Waals surface area contributed by atoms with Gasteiger partial charge in [-0.05, 0) is 19.3 Å². The molecule has 0 amide bonds. The largest absolute Gasteiger partial charge is 0.235 e. The van der Waals surface area contributed by atoms with Crippen molar-refractivity contribution >= 4 is 12.2 Å². The van der Waals surface area contributed by atoms with Crippen LogP contribution in [-0.2, 0) is 9.59 Å². The molecule has 0 aromatic rings. The van der Waals surface area contributed by atoms with Crippen LogP contribution in [0.1, 0.15) is 110 Å². The fourth-order valence-electron chi connectivity index (χ4n) is 3.19. The third kappa shape index (κ3) is 18.9. The molecule has 0 aliphatic carbocycles. The summed E-state index contributed by atoms with van der Waals surface area (Å²) < 4.78 is 0. The van der Waals surface area contributed by atoms with Gasteiger partial charge in [0.25, 0.3) is 0 Å². The molecule has 25 heavy (non-hydrogen) atoms. The van der Waals surface area contributed by atoms with Gasteiger partial charge in [0.2, 0.25) is 12.2 Å². The van der Waals surface area contributed by atoms with Crippen molar-refractivity contribution in [3.8, 4) is 0 Å². The lowest BCUT2D eigenvalue weighted by Gasteiger charge is -2.10. The number of unbranched alkanes of at least 4 members (excludes halogenated alkanes) is 12. The Kier molecular flexibility index (Phi) is 19.8. The van der Waals surface area contributed by atoms with Crippen LogP contribution in [0.4, 0.5) is 0 Å². The first-order valence-corrected chi connectivity index (χ1v) is 10.5. The monoisotopic (exact) mass is 350 g/mol. The topological polar surface area (TPSA) is 58.9 Å². The van der Waals surface area contributed by atoms with Crippen LogP contribution in [0.3, 0.4) is 0 Å². The molecule has 0 N–H and O–H groups in total. The van der Waals surface area contributed by atoms with E-state index in [-0.39, 0.29) is 6.04 Å². The highest BCUT2D eigenvalue weighted by atomic mass is 16.1. The normalized spacial score (nSPS) is 11.6. The van der Waals surface area contributed by atoms with Gasteiger partial charge in [0.1, 0.15) is 0 Å². The summed E-state index contributed by atoms with van der Waals surface area (Å²) in [4.78, 5) is 28.0. The average molecular weight is 351 g/mol. The van der Waals surface area contributed by atoms with Crippen molar-refractivity contribution in [3.05, 3.63) is 0 Å². The van der Waals surface area contributed by atoms with E-state index < -0.39 is 0 Å². The lowest BCUT2D eigenvalue weighted by Crippen LogP contribution is -2.04. The molecule has 0 radical (unpaired) electrons. The van der Waals surface area contributed by atoms with Gasteiger partial charge in [-0.25, -0.2) is 19.6 Å². The van der Waals surface area contributed by atoms with Gasteiger partial charge in [-0.3, -0.25) is 0 Å². The zero-order valence-electron chi connectivity index (χ0n) is 16.3. The van der Waals surface area contributed by atoms with Gasteiger partial charge in [0.05, 0.1) is 12.6 Å². The Balaban J connectivity index is 3.47. The second kappa shape index (κ2) is 20.8. The van der Waals surface area contributed by atoms with E-state index in [1.807, 2.05) is 0 Å². The van der Waals surface area contributed by atoms with Crippen molar-refractivity contribution in [2.24, 2.45) is 9.98 Å². The van der Waals surface area contributed by atoms with Gasteiger partial charge in [0, 0.05) is 0 Å². The van der Waals surface area contributed by atoms with Gasteiger partial charge < -0.3 is 0 Å². The molecule has 0 heterocycles. The van der Waals surface area contributed by atoms with E-state index in [0.29, 0.717) is 6.54 Å². The maximum atomic E-state index is 10.5. The van der Waals surface area contributed by atoms with Crippen molar-refractivity contribution in [1.82, 2.24) is 0 Å².